The predicted molar refractivity (Wildman–Crippen MR) is 71.2 cm³/mol. The maximum Gasteiger partial charge on any atom is 0.293 e. The van der Waals surface area contributed by atoms with Gasteiger partial charge in [0.25, 0.3) is 5.69 Å². The zero-order valence-corrected chi connectivity index (χ0v) is 11.2. The second-order valence-electron chi connectivity index (χ2n) is 4.42. The SMILES string of the molecule is CCC(Nc1ccc(Br)cc1[N+](=O)[O-])C1CC1. The van der Waals surface area contributed by atoms with Gasteiger partial charge in [-0.05, 0) is 37.3 Å². The third-order valence-electron chi connectivity index (χ3n) is 3.13. The molecule has 0 aromatic heterocycles. The van der Waals surface area contributed by atoms with E-state index in [2.05, 4.69) is 28.2 Å². The maximum absolute atomic E-state index is 11.0. The molecule has 1 unspecified atom stereocenters. The van der Waals surface area contributed by atoms with E-state index >= 15 is 0 Å². The van der Waals surface area contributed by atoms with Crippen LogP contribution in [0.3, 0.4) is 0 Å². The summed E-state index contributed by atoms with van der Waals surface area (Å²) in [5.74, 6) is 0.684. The highest BCUT2D eigenvalue weighted by molar-refractivity contribution is 9.10. The highest BCUT2D eigenvalue weighted by Crippen LogP contribution is 2.37. The van der Waals surface area contributed by atoms with E-state index in [-0.39, 0.29) is 10.6 Å². The van der Waals surface area contributed by atoms with Crippen molar-refractivity contribution < 1.29 is 4.92 Å². The van der Waals surface area contributed by atoms with Crippen LogP contribution in [-0.2, 0) is 0 Å². The van der Waals surface area contributed by atoms with E-state index in [1.54, 1.807) is 12.1 Å². The molecule has 1 aromatic carbocycles. The Labute approximate surface area is 109 Å². The van der Waals surface area contributed by atoms with Crippen LogP contribution in [0.2, 0.25) is 0 Å². The fraction of sp³-hybridized carbons (Fsp3) is 0.500. The highest BCUT2D eigenvalue weighted by Gasteiger charge is 2.31. The quantitative estimate of drug-likeness (QED) is 0.661. The van der Waals surface area contributed by atoms with Gasteiger partial charge in [-0.3, -0.25) is 10.1 Å². The van der Waals surface area contributed by atoms with Crippen molar-refractivity contribution in [3.8, 4) is 0 Å². The van der Waals surface area contributed by atoms with Gasteiger partial charge >= 0.3 is 0 Å². The van der Waals surface area contributed by atoms with Crippen molar-refractivity contribution in [2.45, 2.75) is 32.2 Å². The molecule has 0 bridgehead atoms. The lowest BCUT2D eigenvalue weighted by atomic mass is 10.1. The van der Waals surface area contributed by atoms with Gasteiger partial charge in [0.05, 0.1) is 4.92 Å². The van der Waals surface area contributed by atoms with Crippen molar-refractivity contribution in [3.63, 3.8) is 0 Å². The molecule has 92 valence electrons. The molecule has 0 radical (unpaired) electrons. The van der Waals surface area contributed by atoms with Crippen LogP contribution in [0.1, 0.15) is 26.2 Å². The Hall–Kier alpha value is -1.10. The van der Waals surface area contributed by atoms with Gasteiger partial charge in [-0.25, -0.2) is 0 Å². The van der Waals surface area contributed by atoms with Crippen molar-refractivity contribution in [1.82, 2.24) is 0 Å². The number of halogens is 1. The molecular formula is C12H15BrN2O2. The molecule has 0 aliphatic heterocycles. The van der Waals surface area contributed by atoms with Gasteiger partial charge in [0, 0.05) is 16.6 Å². The van der Waals surface area contributed by atoms with Crippen molar-refractivity contribution in [2.24, 2.45) is 5.92 Å². The molecule has 0 saturated heterocycles. The summed E-state index contributed by atoms with van der Waals surface area (Å²) in [4.78, 5) is 10.6. The average Bonchev–Trinajstić information content (AvgIpc) is 3.11. The fourth-order valence-corrected chi connectivity index (χ4v) is 2.38. The number of hydrogen-bond acceptors (Lipinski definition) is 3. The Kier molecular flexibility index (Phi) is 3.66. The lowest BCUT2D eigenvalue weighted by Crippen LogP contribution is -2.21. The lowest BCUT2D eigenvalue weighted by Gasteiger charge is -2.17. The average molecular weight is 299 g/mol. The number of nitro groups is 1. The van der Waals surface area contributed by atoms with Crippen LogP contribution in [0.25, 0.3) is 0 Å². The third-order valence-corrected chi connectivity index (χ3v) is 3.62. The summed E-state index contributed by atoms with van der Waals surface area (Å²) in [6.45, 7) is 2.11. The van der Waals surface area contributed by atoms with Gasteiger partial charge in [-0.2, -0.15) is 0 Å². The van der Waals surface area contributed by atoms with E-state index < -0.39 is 0 Å². The normalized spacial score (nSPS) is 16.6. The minimum Gasteiger partial charge on any atom is -0.376 e. The number of nitrogens with zero attached hydrogens (tertiary/aromatic N) is 1. The number of rotatable bonds is 5. The van der Waals surface area contributed by atoms with Crippen molar-refractivity contribution >= 4 is 27.3 Å². The molecule has 4 nitrogen and oxygen atoms in total. The first kappa shape index (κ1) is 12.4. The largest absolute Gasteiger partial charge is 0.376 e. The Bertz CT molecular complexity index is 433. The summed E-state index contributed by atoms with van der Waals surface area (Å²) in [7, 11) is 0. The molecular weight excluding hydrogens is 284 g/mol. The Morgan fingerprint density at radius 3 is 2.82 bits per heavy atom. The zero-order valence-electron chi connectivity index (χ0n) is 9.65. The topological polar surface area (TPSA) is 55.2 Å². The van der Waals surface area contributed by atoms with Crippen LogP contribution in [-0.4, -0.2) is 11.0 Å². The molecule has 1 aliphatic carbocycles. The highest BCUT2D eigenvalue weighted by atomic mass is 79.9. The van der Waals surface area contributed by atoms with Crippen LogP contribution in [0.15, 0.2) is 22.7 Å². The number of nitro benzene ring substituents is 1. The number of hydrogen-bond donors (Lipinski definition) is 1. The zero-order chi connectivity index (χ0) is 12.4. The first-order chi connectivity index (χ1) is 8.11. The maximum atomic E-state index is 11.0. The van der Waals surface area contributed by atoms with Crippen LogP contribution >= 0.6 is 15.9 Å². The molecule has 0 amide bonds. The molecule has 1 fully saturated rings. The Morgan fingerprint density at radius 2 is 2.29 bits per heavy atom. The molecule has 1 aromatic rings. The summed E-state index contributed by atoms with van der Waals surface area (Å²) in [6, 6.07) is 5.50. The molecule has 1 saturated carbocycles. The van der Waals surface area contributed by atoms with Crippen LogP contribution < -0.4 is 5.32 Å². The second-order valence-corrected chi connectivity index (χ2v) is 5.33. The van der Waals surface area contributed by atoms with E-state index in [4.69, 9.17) is 0 Å². The summed E-state index contributed by atoms with van der Waals surface area (Å²) in [5, 5.41) is 14.3. The molecule has 1 atom stereocenters. The minimum absolute atomic E-state index is 0.137. The predicted octanol–water partition coefficient (Wildman–Crippen LogP) is 3.96. The molecule has 5 heteroatoms. The van der Waals surface area contributed by atoms with E-state index in [0.29, 0.717) is 17.6 Å². The van der Waals surface area contributed by atoms with Gasteiger partial charge < -0.3 is 5.32 Å². The van der Waals surface area contributed by atoms with Crippen LogP contribution in [0, 0.1) is 16.0 Å². The van der Waals surface area contributed by atoms with E-state index in [1.165, 1.54) is 12.8 Å². The van der Waals surface area contributed by atoms with Crippen molar-refractivity contribution in [3.05, 3.63) is 32.8 Å². The van der Waals surface area contributed by atoms with Crippen molar-refractivity contribution in [2.75, 3.05) is 5.32 Å². The van der Waals surface area contributed by atoms with Gasteiger partial charge in [-0.15, -0.1) is 0 Å². The molecule has 0 heterocycles. The summed E-state index contributed by atoms with van der Waals surface area (Å²) >= 11 is 3.26. The molecule has 1 N–H and O–H groups in total. The summed E-state index contributed by atoms with van der Waals surface area (Å²) < 4.78 is 0.731. The van der Waals surface area contributed by atoms with Gasteiger partial charge in [0.2, 0.25) is 0 Å². The Morgan fingerprint density at radius 1 is 1.59 bits per heavy atom. The number of benzene rings is 1. The van der Waals surface area contributed by atoms with Crippen molar-refractivity contribution in [1.29, 1.82) is 0 Å². The van der Waals surface area contributed by atoms with E-state index in [1.807, 2.05) is 6.07 Å². The van der Waals surface area contributed by atoms with Crippen LogP contribution in [0.5, 0.6) is 0 Å². The van der Waals surface area contributed by atoms with Gasteiger partial charge in [0.15, 0.2) is 0 Å². The second kappa shape index (κ2) is 5.04. The molecule has 0 spiro atoms. The molecule has 1 aliphatic rings. The first-order valence-electron chi connectivity index (χ1n) is 5.82. The van der Waals surface area contributed by atoms with E-state index in [9.17, 15) is 10.1 Å². The lowest BCUT2D eigenvalue weighted by molar-refractivity contribution is -0.384. The monoisotopic (exact) mass is 298 g/mol. The van der Waals surface area contributed by atoms with Crippen LogP contribution in [0.4, 0.5) is 11.4 Å². The van der Waals surface area contributed by atoms with Gasteiger partial charge in [-0.1, -0.05) is 22.9 Å². The standard InChI is InChI=1S/C12H15BrN2O2/c1-2-10(8-3-4-8)14-11-6-5-9(13)7-12(11)15(16)17/h5-8,10,14H,2-4H2,1H3. The molecule has 2 rings (SSSR count). The summed E-state index contributed by atoms with van der Waals surface area (Å²) in [5.41, 5.74) is 0.760. The smallest absolute Gasteiger partial charge is 0.293 e. The minimum atomic E-state index is -0.341. The van der Waals surface area contributed by atoms with Gasteiger partial charge in [0.1, 0.15) is 5.69 Å². The first-order valence-corrected chi connectivity index (χ1v) is 6.61. The fourth-order valence-electron chi connectivity index (χ4n) is 2.03. The molecule has 17 heavy (non-hydrogen) atoms. The third kappa shape index (κ3) is 2.97. The Balaban J connectivity index is 2.21. The number of nitrogens with one attached hydrogen (secondary N) is 1. The number of anilines is 1. The van der Waals surface area contributed by atoms with E-state index in [0.717, 1.165) is 10.9 Å². The summed E-state index contributed by atoms with van der Waals surface area (Å²) in [6.07, 6.45) is 3.46.